The second kappa shape index (κ2) is 5.59. The maximum Gasteiger partial charge on any atom is 0.317 e. The van der Waals surface area contributed by atoms with Crippen molar-refractivity contribution >= 4 is 12.0 Å². The molecule has 0 aromatic carbocycles. The van der Waals surface area contributed by atoms with Crippen LogP contribution in [0.25, 0.3) is 0 Å². The zero-order chi connectivity index (χ0) is 13.1. The molecule has 0 aromatic heterocycles. The van der Waals surface area contributed by atoms with Gasteiger partial charge in [0.15, 0.2) is 0 Å². The van der Waals surface area contributed by atoms with E-state index in [1.54, 1.807) is 4.90 Å². The molecule has 5 nitrogen and oxygen atoms in total. The van der Waals surface area contributed by atoms with Crippen molar-refractivity contribution in [1.82, 2.24) is 10.2 Å². The topological polar surface area (TPSA) is 69.6 Å². The maximum absolute atomic E-state index is 12.2. The van der Waals surface area contributed by atoms with Crippen LogP contribution in [0.15, 0.2) is 0 Å². The lowest BCUT2D eigenvalue weighted by Gasteiger charge is -2.35. The van der Waals surface area contributed by atoms with E-state index in [1.165, 1.54) is 12.8 Å². The summed E-state index contributed by atoms with van der Waals surface area (Å²) in [5, 5.41) is 11.9. The Bertz CT molecular complexity index is 328. The summed E-state index contributed by atoms with van der Waals surface area (Å²) in [6.45, 7) is 2.72. The normalized spacial score (nSPS) is 25.6. The van der Waals surface area contributed by atoms with Crippen molar-refractivity contribution in [2.45, 2.75) is 57.5 Å². The molecule has 0 bridgehead atoms. The Balaban J connectivity index is 1.90. The molecule has 2 unspecified atom stereocenters. The van der Waals surface area contributed by atoms with Gasteiger partial charge in [-0.15, -0.1) is 0 Å². The van der Waals surface area contributed by atoms with E-state index in [0.29, 0.717) is 12.5 Å². The number of rotatable bonds is 4. The summed E-state index contributed by atoms with van der Waals surface area (Å²) in [6, 6.07) is -0.00657. The summed E-state index contributed by atoms with van der Waals surface area (Å²) < 4.78 is 0. The largest absolute Gasteiger partial charge is 0.481 e. The molecule has 0 spiro atoms. The highest BCUT2D eigenvalue weighted by molar-refractivity contribution is 5.76. The lowest BCUT2D eigenvalue weighted by Crippen LogP contribution is -2.51. The van der Waals surface area contributed by atoms with Crippen molar-refractivity contribution in [1.29, 1.82) is 0 Å². The number of carboxylic acid groups (broad SMARTS) is 1. The van der Waals surface area contributed by atoms with E-state index in [1.807, 2.05) is 6.92 Å². The number of carbonyl (C=O) groups excluding carboxylic acids is 1. The zero-order valence-corrected chi connectivity index (χ0v) is 10.9. The van der Waals surface area contributed by atoms with Crippen LogP contribution in [0.5, 0.6) is 0 Å². The molecule has 2 amide bonds. The third-order valence-corrected chi connectivity index (χ3v) is 3.98. The minimum Gasteiger partial charge on any atom is -0.481 e. The van der Waals surface area contributed by atoms with Crippen LogP contribution in [0, 0.1) is 5.92 Å². The van der Waals surface area contributed by atoms with Crippen molar-refractivity contribution in [2.24, 2.45) is 5.92 Å². The molecule has 2 N–H and O–H groups in total. The summed E-state index contributed by atoms with van der Waals surface area (Å²) in [4.78, 5) is 24.7. The van der Waals surface area contributed by atoms with Gasteiger partial charge in [-0.25, -0.2) is 4.79 Å². The Kier molecular flexibility index (Phi) is 4.09. The first-order valence-electron chi connectivity index (χ1n) is 6.87. The van der Waals surface area contributed by atoms with Crippen LogP contribution >= 0.6 is 0 Å². The number of carboxylic acids is 1. The van der Waals surface area contributed by atoms with Crippen LogP contribution in [0.3, 0.4) is 0 Å². The van der Waals surface area contributed by atoms with Crippen LogP contribution in [-0.4, -0.2) is 40.6 Å². The van der Waals surface area contributed by atoms with E-state index in [-0.39, 0.29) is 24.5 Å². The Labute approximate surface area is 108 Å². The highest BCUT2D eigenvalue weighted by Crippen LogP contribution is 2.32. The molecule has 1 aliphatic heterocycles. The molecule has 2 atom stereocenters. The highest BCUT2D eigenvalue weighted by Gasteiger charge is 2.33. The van der Waals surface area contributed by atoms with Gasteiger partial charge in [0, 0.05) is 18.6 Å². The first-order chi connectivity index (χ1) is 8.58. The number of amides is 2. The number of urea groups is 1. The Morgan fingerprint density at radius 3 is 2.67 bits per heavy atom. The summed E-state index contributed by atoms with van der Waals surface area (Å²) in [6.07, 6.45) is 5.24. The number of nitrogens with one attached hydrogen (secondary N) is 1. The van der Waals surface area contributed by atoms with Crippen molar-refractivity contribution < 1.29 is 14.7 Å². The summed E-state index contributed by atoms with van der Waals surface area (Å²) in [5.41, 5.74) is 0. The van der Waals surface area contributed by atoms with E-state index in [0.717, 1.165) is 19.3 Å². The average Bonchev–Trinajstić information content (AvgIpc) is 3.12. The molecule has 18 heavy (non-hydrogen) atoms. The average molecular weight is 254 g/mol. The molecule has 102 valence electrons. The van der Waals surface area contributed by atoms with Crippen molar-refractivity contribution in [2.75, 3.05) is 6.54 Å². The fraction of sp³-hybridized carbons (Fsp3) is 0.846. The van der Waals surface area contributed by atoms with Crippen LogP contribution in [0.4, 0.5) is 4.79 Å². The van der Waals surface area contributed by atoms with Crippen LogP contribution in [0.1, 0.15) is 45.4 Å². The molecule has 0 radical (unpaired) electrons. The molecular weight excluding hydrogens is 232 g/mol. The molecule has 1 heterocycles. The molecule has 0 aromatic rings. The standard InChI is InChI=1S/C13H22N2O3/c1-9(10-5-6-10)14-13(18)15-7-3-2-4-11(15)8-12(16)17/h9-11H,2-8H2,1H3,(H,14,18)(H,16,17). The minimum atomic E-state index is -0.824. The third kappa shape index (κ3) is 3.37. The van der Waals surface area contributed by atoms with Gasteiger partial charge in [0.25, 0.3) is 0 Å². The predicted molar refractivity (Wildman–Crippen MR) is 67.3 cm³/mol. The van der Waals surface area contributed by atoms with Gasteiger partial charge in [-0.3, -0.25) is 4.79 Å². The van der Waals surface area contributed by atoms with Gasteiger partial charge in [0.05, 0.1) is 6.42 Å². The van der Waals surface area contributed by atoms with Gasteiger partial charge in [0.2, 0.25) is 0 Å². The number of carbonyl (C=O) groups is 2. The minimum absolute atomic E-state index is 0.0607. The van der Waals surface area contributed by atoms with Gasteiger partial charge >= 0.3 is 12.0 Å². The van der Waals surface area contributed by atoms with E-state index in [4.69, 9.17) is 5.11 Å². The smallest absolute Gasteiger partial charge is 0.317 e. The Morgan fingerprint density at radius 2 is 2.06 bits per heavy atom. The zero-order valence-electron chi connectivity index (χ0n) is 10.9. The number of hydrogen-bond acceptors (Lipinski definition) is 2. The number of piperidine rings is 1. The fourth-order valence-electron chi connectivity index (χ4n) is 2.67. The van der Waals surface area contributed by atoms with Crippen LogP contribution < -0.4 is 5.32 Å². The second-order valence-corrected chi connectivity index (χ2v) is 5.52. The second-order valence-electron chi connectivity index (χ2n) is 5.52. The fourth-order valence-corrected chi connectivity index (χ4v) is 2.67. The Morgan fingerprint density at radius 1 is 1.33 bits per heavy atom. The van der Waals surface area contributed by atoms with Gasteiger partial charge in [-0.05, 0) is 44.9 Å². The summed E-state index contributed by atoms with van der Waals surface area (Å²) >= 11 is 0. The molecule has 1 aliphatic carbocycles. The number of aliphatic carboxylic acids is 1. The quantitative estimate of drug-likeness (QED) is 0.804. The maximum atomic E-state index is 12.2. The third-order valence-electron chi connectivity index (χ3n) is 3.98. The lowest BCUT2D eigenvalue weighted by molar-refractivity contribution is -0.138. The number of nitrogens with zero attached hydrogens (tertiary/aromatic N) is 1. The molecule has 2 aliphatic rings. The first-order valence-corrected chi connectivity index (χ1v) is 6.87. The highest BCUT2D eigenvalue weighted by atomic mass is 16.4. The molecule has 2 fully saturated rings. The van der Waals surface area contributed by atoms with Crippen molar-refractivity contribution in [3.8, 4) is 0 Å². The summed E-state index contributed by atoms with van der Waals surface area (Å²) in [7, 11) is 0. The molecular formula is C13H22N2O3. The van der Waals surface area contributed by atoms with Crippen molar-refractivity contribution in [3.05, 3.63) is 0 Å². The lowest BCUT2D eigenvalue weighted by atomic mass is 10.00. The molecule has 1 saturated carbocycles. The molecule has 1 saturated heterocycles. The first kappa shape index (κ1) is 13.2. The molecule has 2 rings (SSSR count). The van der Waals surface area contributed by atoms with E-state index < -0.39 is 5.97 Å². The van der Waals surface area contributed by atoms with Crippen LogP contribution in [0.2, 0.25) is 0 Å². The Hall–Kier alpha value is -1.26. The van der Waals surface area contributed by atoms with Crippen molar-refractivity contribution in [3.63, 3.8) is 0 Å². The monoisotopic (exact) mass is 254 g/mol. The van der Waals surface area contributed by atoms with Crippen LogP contribution in [-0.2, 0) is 4.79 Å². The molecule has 5 heteroatoms. The van der Waals surface area contributed by atoms with E-state index in [9.17, 15) is 9.59 Å². The summed E-state index contributed by atoms with van der Waals surface area (Å²) in [5.74, 6) is -0.202. The SMILES string of the molecule is CC(NC(=O)N1CCCCC1CC(=O)O)C1CC1. The van der Waals surface area contributed by atoms with Gasteiger partial charge in [-0.1, -0.05) is 0 Å². The van der Waals surface area contributed by atoms with E-state index in [2.05, 4.69) is 5.32 Å². The van der Waals surface area contributed by atoms with Gasteiger partial charge in [-0.2, -0.15) is 0 Å². The van der Waals surface area contributed by atoms with E-state index >= 15 is 0 Å². The predicted octanol–water partition coefficient (Wildman–Crippen LogP) is 1.82. The van der Waals surface area contributed by atoms with Gasteiger partial charge < -0.3 is 15.3 Å². The van der Waals surface area contributed by atoms with Gasteiger partial charge in [0.1, 0.15) is 0 Å². The number of hydrogen-bond donors (Lipinski definition) is 2. The number of likely N-dealkylation sites (tertiary alicyclic amines) is 1.